The summed E-state index contributed by atoms with van der Waals surface area (Å²) in [6, 6.07) is 0. The number of hydrogen-bond acceptors (Lipinski definition) is 10. The van der Waals surface area contributed by atoms with E-state index in [9.17, 15) is 14.4 Å². The van der Waals surface area contributed by atoms with Crippen LogP contribution < -0.4 is 0 Å². The van der Waals surface area contributed by atoms with E-state index in [1.807, 2.05) is 4.90 Å². The fourth-order valence-electron chi connectivity index (χ4n) is 9.73. The Bertz CT molecular complexity index is 958. The average molecular weight is 548 g/mol. The lowest BCUT2D eigenvalue weighted by Gasteiger charge is -2.59. The lowest BCUT2D eigenvalue weighted by atomic mass is 9.47. The number of carbonyl (C=O) groups excluding carboxylic acids is 3. The van der Waals surface area contributed by atoms with Crippen LogP contribution in [0.2, 0.25) is 0 Å². The van der Waals surface area contributed by atoms with E-state index in [4.69, 9.17) is 28.4 Å². The summed E-state index contributed by atoms with van der Waals surface area (Å²) >= 11 is 0. The van der Waals surface area contributed by atoms with Gasteiger partial charge in [-0.3, -0.25) is 19.3 Å². The van der Waals surface area contributed by atoms with Crippen LogP contribution in [0.3, 0.4) is 0 Å². The Hall–Kier alpha value is -1.75. The van der Waals surface area contributed by atoms with Crippen LogP contribution in [0.4, 0.5) is 0 Å². The summed E-state index contributed by atoms with van der Waals surface area (Å²) in [5, 5.41) is 0. The number of esters is 3. The van der Waals surface area contributed by atoms with Gasteiger partial charge < -0.3 is 28.4 Å². The second kappa shape index (κ2) is 9.96. The molecule has 4 aliphatic carbocycles. The van der Waals surface area contributed by atoms with Crippen molar-refractivity contribution in [2.24, 2.45) is 40.9 Å². The fraction of sp³-hybridized carbons (Fsp3) is 0.897. The zero-order chi connectivity index (χ0) is 26.9. The number of morpholine rings is 1. The van der Waals surface area contributed by atoms with Crippen molar-refractivity contribution < 1.29 is 42.8 Å². The molecule has 0 aromatic carbocycles. The lowest BCUT2D eigenvalue weighted by molar-refractivity contribution is -0.202. The molecule has 8 aliphatic rings. The van der Waals surface area contributed by atoms with Gasteiger partial charge in [0.25, 0.3) is 0 Å². The van der Waals surface area contributed by atoms with Crippen LogP contribution >= 0.6 is 0 Å². The van der Waals surface area contributed by atoms with Crippen molar-refractivity contribution in [3.63, 3.8) is 0 Å². The molecule has 8 rings (SSSR count). The van der Waals surface area contributed by atoms with E-state index in [0.29, 0.717) is 32.2 Å². The molecule has 216 valence electrons. The van der Waals surface area contributed by atoms with Crippen molar-refractivity contribution in [2.75, 3.05) is 39.6 Å². The fourth-order valence-corrected chi connectivity index (χ4v) is 9.73. The second-order valence-corrected chi connectivity index (χ2v) is 13.6. The van der Waals surface area contributed by atoms with Gasteiger partial charge in [0, 0.05) is 13.1 Å². The summed E-state index contributed by atoms with van der Waals surface area (Å²) < 4.78 is 34.7. The molecule has 4 aliphatic heterocycles. The molecular formula is C29H41NO9. The van der Waals surface area contributed by atoms with Crippen molar-refractivity contribution in [1.82, 2.24) is 4.90 Å². The third-order valence-electron chi connectivity index (χ3n) is 10.6. The van der Waals surface area contributed by atoms with Gasteiger partial charge in [-0.2, -0.15) is 0 Å². The van der Waals surface area contributed by atoms with E-state index in [1.54, 1.807) is 0 Å². The summed E-state index contributed by atoms with van der Waals surface area (Å²) in [5.74, 6) is -0.344. The number of rotatable bonds is 9. The number of nitrogens with zero attached hydrogens (tertiary/aromatic N) is 1. The van der Waals surface area contributed by atoms with E-state index in [-0.39, 0.29) is 24.9 Å². The van der Waals surface area contributed by atoms with Crippen LogP contribution in [-0.2, 0) is 42.8 Å². The minimum atomic E-state index is -0.872. The van der Waals surface area contributed by atoms with Crippen LogP contribution in [0.1, 0.15) is 52.4 Å². The van der Waals surface area contributed by atoms with Gasteiger partial charge in [0.1, 0.15) is 24.0 Å². The number of hydrogen-bond donors (Lipinski definition) is 0. The van der Waals surface area contributed by atoms with Crippen molar-refractivity contribution in [3.8, 4) is 0 Å². The van der Waals surface area contributed by atoms with Gasteiger partial charge in [-0.15, -0.1) is 0 Å². The summed E-state index contributed by atoms with van der Waals surface area (Å²) in [6.07, 6.45) is 4.89. The van der Waals surface area contributed by atoms with Crippen molar-refractivity contribution in [2.45, 2.75) is 82.9 Å². The molecule has 8 fully saturated rings. The Morgan fingerprint density at radius 1 is 1.00 bits per heavy atom. The van der Waals surface area contributed by atoms with Crippen LogP contribution in [-0.4, -0.2) is 93.0 Å². The summed E-state index contributed by atoms with van der Waals surface area (Å²) in [6.45, 7) is 6.80. The first kappa shape index (κ1) is 26.2. The van der Waals surface area contributed by atoms with E-state index >= 15 is 0 Å². The molecule has 0 aromatic heterocycles. The molecule has 6 bridgehead atoms. The second-order valence-electron chi connectivity index (χ2n) is 13.6. The Morgan fingerprint density at radius 2 is 1.67 bits per heavy atom. The van der Waals surface area contributed by atoms with Gasteiger partial charge in [-0.05, 0) is 67.6 Å². The molecule has 10 heteroatoms. The molecule has 0 N–H and O–H groups in total. The molecule has 10 nitrogen and oxygen atoms in total. The third kappa shape index (κ3) is 4.50. The molecule has 7 unspecified atom stereocenters. The maximum absolute atomic E-state index is 13.4. The van der Waals surface area contributed by atoms with Crippen molar-refractivity contribution in [1.29, 1.82) is 0 Å². The van der Waals surface area contributed by atoms with Crippen molar-refractivity contribution in [3.05, 3.63) is 0 Å². The Labute approximate surface area is 229 Å². The van der Waals surface area contributed by atoms with Gasteiger partial charge in [0.15, 0.2) is 19.0 Å². The highest BCUT2D eigenvalue weighted by Gasteiger charge is 2.72. The Morgan fingerprint density at radius 3 is 2.31 bits per heavy atom. The van der Waals surface area contributed by atoms with Crippen LogP contribution in [0.5, 0.6) is 0 Å². The maximum atomic E-state index is 13.4. The van der Waals surface area contributed by atoms with Gasteiger partial charge >= 0.3 is 17.9 Å². The van der Waals surface area contributed by atoms with Gasteiger partial charge in [-0.1, -0.05) is 13.8 Å². The zero-order valence-electron chi connectivity index (χ0n) is 23.0. The van der Waals surface area contributed by atoms with Crippen LogP contribution in [0.15, 0.2) is 0 Å². The highest BCUT2D eigenvalue weighted by Crippen LogP contribution is 2.62. The zero-order valence-corrected chi connectivity index (χ0v) is 23.0. The maximum Gasteiger partial charge on any atom is 0.320 e. The molecule has 4 heterocycles. The molecule has 4 saturated carbocycles. The van der Waals surface area contributed by atoms with Crippen molar-refractivity contribution >= 4 is 17.9 Å². The minimum Gasteiger partial charge on any atom is -0.455 e. The van der Waals surface area contributed by atoms with E-state index in [0.717, 1.165) is 17.8 Å². The van der Waals surface area contributed by atoms with E-state index < -0.39 is 54.2 Å². The largest absolute Gasteiger partial charge is 0.455 e. The first-order valence-electron chi connectivity index (χ1n) is 14.9. The smallest absolute Gasteiger partial charge is 0.320 e. The Balaban J connectivity index is 0.985. The predicted molar refractivity (Wildman–Crippen MR) is 134 cm³/mol. The quantitative estimate of drug-likeness (QED) is 0.241. The van der Waals surface area contributed by atoms with Crippen LogP contribution in [0.25, 0.3) is 0 Å². The minimum absolute atomic E-state index is 0.0321. The lowest BCUT2D eigenvalue weighted by Crippen LogP contribution is -2.54. The predicted octanol–water partition coefficient (Wildman–Crippen LogP) is 1.93. The van der Waals surface area contributed by atoms with Gasteiger partial charge in [0.2, 0.25) is 0 Å². The first-order chi connectivity index (χ1) is 18.8. The third-order valence-corrected chi connectivity index (χ3v) is 10.6. The monoisotopic (exact) mass is 547 g/mol. The highest BCUT2D eigenvalue weighted by atomic mass is 16.7. The molecule has 0 spiro atoms. The van der Waals surface area contributed by atoms with Crippen LogP contribution in [0, 0.1) is 40.9 Å². The van der Waals surface area contributed by atoms with Gasteiger partial charge in [-0.25, -0.2) is 0 Å². The average Bonchev–Trinajstić information content (AvgIpc) is 3.50. The summed E-state index contributed by atoms with van der Waals surface area (Å²) in [5.41, 5.74) is 0.174. The molecule has 4 saturated heterocycles. The standard InChI is InChI=1S/C29H41NO9/c1-15(2)26(29-10-16-7-17(11-29)9-18(8-16)12-29)35-14-36-27(32)20-21-23-25(39-28(21)33)24(22(20)38-23)37-19(31)13-30-3-5-34-6-4-30/h15-18,20-26H,3-14H2,1-2H3. The number of fused-ring (bicyclic) bond motifs is 1. The molecule has 0 radical (unpaired) electrons. The normalized spacial score (nSPS) is 44.6. The SMILES string of the molecule is CC(C)C(OCOC(=O)C1C2OC3C(OC(=O)C31)C2OC(=O)CN1CCOCC1)C12CC3CC(CC(C3)C1)C2. The topological polar surface area (TPSA) is 110 Å². The molecule has 0 amide bonds. The molecule has 0 aromatic rings. The number of carbonyl (C=O) groups is 3. The Kier molecular flexibility index (Phi) is 6.68. The molecule has 39 heavy (non-hydrogen) atoms. The summed E-state index contributed by atoms with van der Waals surface area (Å²) in [4.78, 5) is 40.7. The number of ether oxygens (including phenoxy) is 6. The molecule has 7 atom stereocenters. The first-order valence-corrected chi connectivity index (χ1v) is 14.9. The summed E-state index contributed by atoms with van der Waals surface area (Å²) in [7, 11) is 0. The van der Waals surface area contributed by atoms with E-state index in [1.165, 1.54) is 38.5 Å². The molecular weight excluding hydrogens is 506 g/mol. The van der Waals surface area contributed by atoms with E-state index in [2.05, 4.69) is 13.8 Å². The highest BCUT2D eigenvalue weighted by molar-refractivity contribution is 5.87. The van der Waals surface area contributed by atoms with Gasteiger partial charge in [0.05, 0.1) is 25.9 Å².